The van der Waals surface area contributed by atoms with Crippen molar-refractivity contribution in [2.24, 2.45) is 17.8 Å². The number of fused-ring (bicyclic) bond motifs is 1. The van der Waals surface area contributed by atoms with Gasteiger partial charge in [-0.3, -0.25) is 9.69 Å². The number of hydrogen-bond donors (Lipinski definition) is 1. The van der Waals surface area contributed by atoms with Gasteiger partial charge in [0.1, 0.15) is 0 Å². The number of piperidine rings is 1. The zero-order valence-corrected chi connectivity index (χ0v) is 12.0. The Balaban J connectivity index is 1.41. The van der Waals surface area contributed by atoms with E-state index in [4.69, 9.17) is 0 Å². The van der Waals surface area contributed by atoms with Gasteiger partial charge < -0.3 is 5.32 Å². The minimum atomic E-state index is 0.0917. The molecule has 3 heteroatoms. The standard InChI is InChI=1S/C17H22N2O/c1-12-15-10-19(9-13-5-3-2-4-6-13)11-17(12,15)18-16(20)14-7-8-14/h2-6,12,14-15H,7-11H2,1H3,(H,18,20)/t12-,15+,17-/m0/s1. The highest BCUT2D eigenvalue weighted by atomic mass is 16.2. The van der Waals surface area contributed by atoms with Gasteiger partial charge in [-0.2, -0.15) is 0 Å². The third kappa shape index (κ3) is 1.96. The number of nitrogens with zero attached hydrogens (tertiary/aromatic N) is 1. The van der Waals surface area contributed by atoms with E-state index < -0.39 is 0 Å². The largest absolute Gasteiger partial charge is 0.349 e. The van der Waals surface area contributed by atoms with Crippen LogP contribution in [-0.4, -0.2) is 29.4 Å². The van der Waals surface area contributed by atoms with Crippen LogP contribution in [0.1, 0.15) is 25.3 Å². The molecule has 1 aliphatic heterocycles. The monoisotopic (exact) mass is 270 g/mol. The molecule has 0 radical (unpaired) electrons. The fourth-order valence-corrected chi connectivity index (χ4v) is 3.91. The molecule has 1 saturated heterocycles. The van der Waals surface area contributed by atoms with Crippen LogP contribution in [0, 0.1) is 17.8 Å². The lowest BCUT2D eigenvalue weighted by atomic mass is 10.1. The van der Waals surface area contributed by atoms with Crippen molar-refractivity contribution in [1.82, 2.24) is 10.2 Å². The average molecular weight is 270 g/mol. The van der Waals surface area contributed by atoms with Gasteiger partial charge in [-0.25, -0.2) is 0 Å². The van der Waals surface area contributed by atoms with Crippen molar-refractivity contribution in [3.63, 3.8) is 0 Å². The van der Waals surface area contributed by atoms with E-state index in [1.54, 1.807) is 0 Å². The van der Waals surface area contributed by atoms with Gasteiger partial charge in [-0.15, -0.1) is 0 Å². The van der Waals surface area contributed by atoms with Gasteiger partial charge in [0.25, 0.3) is 0 Å². The number of carbonyl (C=O) groups excluding carboxylic acids is 1. The molecule has 0 unspecified atom stereocenters. The molecule has 0 bridgehead atoms. The Kier molecular flexibility index (Phi) is 2.68. The molecular formula is C17H22N2O. The molecule has 1 aromatic rings. The molecule has 3 fully saturated rings. The minimum Gasteiger partial charge on any atom is -0.349 e. The topological polar surface area (TPSA) is 32.3 Å². The third-order valence-electron chi connectivity index (χ3n) is 5.46. The molecular weight excluding hydrogens is 248 g/mol. The van der Waals surface area contributed by atoms with E-state index >= 15 is 0 Å². The first-order chi connectivity index (χ1) is 9.69. The van der Waals surface area contributed by atoms with Crippen molar-refractivity contribution in [3.8, 4) is 0 Å². The summed E-state index contributed by atoms with van der Waals surface area (Å²) in [5.74, 6) is 1.94. The fraction of sp³-hybridized carbons (Fsp3) is 0.588. The zero-order chi connectivity index (χ0) is 13.7. The summed E-state index contributed by atoms with van der Waals surface area (Å²) >= 11 is 0. The average Bonchev–Trinajstić information content (AvgIpc) is 3.33. The maximum Gasteiger partial charge on any atom is 0.223 e. The van der Waals surface area contributed by atoms with Crippen LogP contribution in [0.4, 0.5) is 0 Å². The van der Waals surface area contributed by atoms with Crippen molar-refractivity contribution >= 4 is 5.91 Å². The summed E-state index contributed by atoms with van der Waals surface area (Å²) in [6.07, 6.45) is 2.18. The molecule has 20 heavy (non-hydrogen) atoms. The summed E-state index contributed by atoms with van der Waals surface area (Å²) in [6, 6.07) is 10.6. The van der Waals surface area contributed by atoms with Gasteiger partial charge in [0, 0.05) is 31.5 Å². The van der Waals surface area contributed by atoms with Crippen LogP contribution < -0.4 is 5.32 Å². The first kappa shape index (κ1) is 12.4. The Labute approximate surface area is 120 Å². The lowest BCUT2D eigenvalue weighted by Gasteiger charge is -2.23. The Morgan fingerprint density at radius 2 is 2.10 bits per heavy atom. The Bertz CT molecular complexity index is 525. The minimum absolute atomic E-state index is 0.0917. The van der Waals surface area contributed by atoms with Crippen LogP contribution >= 0.6 is 0 Å². The molecule has 2 saturated carbocycles. The second-order valence-corrected chi connectivity index (χ2v) is 6.85. The van der Waals surface area contributed by atoms with Crippen molar-refractivity contribution in [1.29, 1.82) is 0 Å². The van der Waals surface area contributed by atoms with E-state index in [0.29, 0.717) is 23.7 Å². The number of rotatable bonds is 4. The van der Waals surface area contributed by atoms with Crippen molar-refractivity contribution < 1.29 is 4.79 Å². The van der Waals surface area contributed by atoms with E-state index in [1.165, 1.54) is 5.56 Å². The number of benzene rings is 1. The van der Waals surface area contributed by atoms with E-state index in [-0.39, 0.29) is 5.54 Å². The first-order valence-corrected chi connectivity index (χ1v) is 7.77. The predicted molar refractivity (Wildman–Crippen MR) is 78.0 cm³/mol. The predicted octanol–water partition coefficient (Wildman–Crippen LogP) is 2.03. The van der Waals surface area contributed by atoms with E-state index in [1.807, 2.05) is 0 Å². The number of carbonyl (C=O) groups is 1. The Hall–Kier alpha value is -1.35. The summed E-state index contributed by atoms with van der Waals surface area (Å²) in [7, 11) is 0. The maximum atomic E-state index is 12.1. The number of amides is 1. The number of hydrogen-bond acceptors (Lipinski definition) is 2. The molecule has 4 rings (SSSR count). The van der Waals surface area contributed by atoms with Gasteiger partial charge in [0.05, 0.1) is 5.54 Å². The van der Waals surface area contributed by atoms with Crippen LogP contribution in [0.3, 0.4) is 0 Å². The lowest BCUT2D eigenvalue weighted by Crippen LogP contribution is -2.44. The molecule has 0 aromatic heterocycles. The van der Waals surface area contributed by atoms with Gasteiger partial charge in [0.2, 0.25) is 5.91 Å². The van der Waals surface area contributed by atoms with Gasteiger partial charge in [-0.05, 0) is 24.3 Å². The number of nitrogens with one attached hydrogen (secondary N) is 1. The molecule has 3 nitrogen and oxygen atoms in total. The van der Waals surface area contributed by atoms with E-state index in [0.717, 1.165) is 32.5 Å². The number of likely N-dealkylation sites (tertiary alicyclic amines) is 1. The molecule has 3 atom stereocenters. The van der Waals surface area contributed by atoms with Crippen LogP contribution in [0.2, 0.25) is 0 Å². The van der Waals surface area contributed by atoms with Crippen LogP contribution in [0.5, 0.6) is 0 Å². The van der Waals surface area contributed by atoms with Crippen molar-refractivity contribution in [3.05, 3.63) is 35.9 Å². The van der Waals surface area contributed by atoms with E-state index in [2.05, 4.69) is 47.5 Å². The molecule has 1 N–H and O–H groups in total. The highest BCUT2D eigenvalue weighted by Crippen LogP contribution is 2.55. The van der Waals surface area contributed by atoms with Crippen molar-refractivity contribution in [2.75, 3.05) is 13.1 Å². The summed E-state index contributed by atoms with van der Waals surface area (Å²) in [4.78, 5) is 14.6. The molecule has 0 spiro atoms. The van der Waals surface area contributed by atoms with Gasteiger partial charge in [0.15, 0.2) is 0 Å². The molecule has 1 amide bonds. The quantitative estimate of drug-likeness (QED) is 0.908. The second kappa shape index (κ2) is 4.32. The summed E-state index contributed by atoms with van der Waals surface area (Å²) < 4.78 is 0. The van der Waals surface area contributed by atoms with Gasteiger partial charge in [-0.1, -0.05) is 37.3 Å². The van der Waals surface area contributed by atoms with Crippen LogP contribution in [0.25, 0.3) is 0 Å². The zero-order valence-electron chi connectivity index (χ0n) is 12.0. The Morgan fingerprint density at radius 3 is 2.80 bits per heavy atom. The first-order valence-electron chi connectivity index (χ1n) is 7.77. The van der Waals surface area contributed by atoms with Crippen molar-refractivity contribution in [2.45, 2.75) is 31.8 Å². The van der Waals surface area contributed by atoms with Crippen LogP contribution in [0.15, 0.2) is 30.3 Å². The lowest BCUT2D eigenvalue weighted by molar-refractivity contribution is -0.123. The molecule has 3 aliphatic rings. The molecule has 1 heterocycles. The molecule has 2 aliphatic carbocycles. The SMILES string of the molecule is C[C@H]1[C@H]2CN(Cc3ccccc3)C[C@@]21NC(=O)C1CC1. The summed E-state index contributed by atoms with van der Waals surface area (Å²) in [5, 5.41) is 3.38. The van der Waals surface area contributed by atoms with Crippen LogP contribution in [-0.2, 0) is 11.3 Å². The maximum absolute atomic E-state index is 12.1. The van der Waals surface area contributed by atoms with Gasteiger partial charge >= 0.3 is 0 Å². The fourth-order valence-electron chi connectivity index (χ4n) is 3.91. The summed E-state index contributed by atoms with van der Waals surface area (Å²) in [5.41, 5.74) is 1.46. The second-order valence-electron chi connectivity index (χ2n) is 6.85. The van der Waals surface area contributed by atoms with E-state index in [9.17, 15) is 4.79 Å². The Morgan fingerprint density at radius 1 is 1.35 bits per heavy atom. The smallest absolute Gasteiger partial charge is 0.223 e. The third-order valence-corrected chi connectivity index (χ3v) is 5.46. The molecule has 106 valence electrons. The highest BCUT2D eigenvalue weighted by molar-refractivity contribution is 5.82. The molecule has 1 aromatic carbocycles. The normalized spacial score (nSPS) is 35.6. The summed E-state index contributed by atoms with van der Waals surface area (Å²) in [6.45, 7) is 5.44. The highest BCUT2D eigenvalue weighted by Gasteiger charge is 2.67.